The fourth-order valence-corrected chi connectivity index (χ4v) is 12.3. The molecular weight excluding hydrogens is 621 g/mol. The number of hydrogen-bond acceptors (Lipinski definition) is 2. The lowest BCUT2D eigenvalue weighted by molar-refractivity contribution is -0.130. The summed E-state index contributed by atoms with van der Waals surface area (Å²) in [5.74, 6) is 5.78. The molecule has 0 saturated heterocycles. The quantitative estimate of drug-likeness (QED) is 0.183. The van der Waals surface area contributed by atoms with Crippen LogP contribution < -0.4 is 0 Å². The monoisotopic (exact) mass is 691 g/mol. The van der Waals surface area contributed by atoms with Crippen molar-refractivity contribution in [3.63, 3.8) is 0 Å². The van der Waals surface area contributed by atoms with Crippen molar-refractivity contribution >= 4 is 11.5 Å². The van der Waals surface area contributed by atoms with E-state index in [-0.39, 0.29) is 17.5 Å². The molecule has 4 aliphatic rings. The van der Waals surface area contributed by atoms with Gasteiger partial charge in [0.15, 0.2) is 0 Å². The van der Waals surface area contributed by atoms with Crippen LogP contribution in [0.25, 0.3) is 5.57 Å². The second-order valence-corrected chi connectivity index (χ2v) is 20.0. The number of esters is 1. The Labute approximate surface area is 312 Å². The van der Waals surface area contributed by atoms with Gasteiger partial charge in [-0.05, 0) is 158 Å². The highest BCUT2D eigenvalue weighted by Crippen LogP contribution is 2.68. The Morgan fingerprint density at radius 2 is 1.45 bits per heavy atom. The van der Waals surface area contributed by atoms with Gasteiger partial charge in [-0.25, -0.2) is 4.79 Å². The molecule has 9 atom stereocenters. The second-order valence-electron chi connectivity index (χ2n) is 20.0. The largest absolute Gasteiger partial charge is 0.459 e. The van der Waals surface area contributed by atoms with Crippen molar-refractivity contribution in [2.24, 2.45) is 57.7 Å². The summed E-state index contributed by atoms with van der Waals surface area (Å²) in [6.07, 6.45) is 17.0. The van der Waals surface area contributed by atoms with E-state index in [1.807, 2.05) is 12.1 Å². The summed E-state index contributed by atoms with van der Waals surface area (Å²) in [6, 6.07) is 18.6. The Morgan fingerprint density at radius 1 is 0.804 bits per heavy atom. The van der Waals surface area contributed by atoms with Crippen LogP contribution in [-0.2, 0) is 4.74 Å². The van der Waals surface area contributed by atoms with Gasteiger partial charge in [0, 0.05) is 5.57 Å². The molecule has 2 heteroatoms. The molecule has 6 rings (SSSR count). The first kappa shape index (κ1) is 38.2. The predicted molar refractivity (Wildman–Crippen MR) is 214 cm³/mol. The third-order valence-corrected chi connectivity index (χ3v) is 14.7. The Morgan fingerprint density at radius 3 is 2.14 bits per heavy atom. The minimum Gasteiger partial charge on any atom is -0.459 e. The molecule has 51 heavy (non-hydrogen) atoms. The molecule has 4 saturated carbocycles. The average Bonchev–Trinajstić information content (AvgIpc) is 3.44. The fraction of sp³-hybridized carbons (Fsp3) is 0.673. The van der Waals surface area contributed by atoms with Crippen LogP contribution in [0.2, 0.25) is 0 Å². The average molecular weight is 691 g/mol. The maximum Gasteiger partial charge on any atom is 0.338 e. The number of ether oxygens (including phenoxy) is 1. The highest BCUT2D eigenvalue weighted by molar-refractivity contribution is 5.90. The topological polar surface area (TPSA) is 26.3 Å². The van der Waals surface area contributed by atoms with Crippen molar-refractivity contribution < 1.29 is 9.53 Å². The van der Waals surface area contributed by atoms with Crippen molar-refractivity contribution in [2.45, 2.75) is 152 Å². The molecule has 6 unspecified atom stereocenters. The van der Waals surface area contributed by atoms with Gasteiger partial charge in [0.25, 0.3) is 0 Å². The molecule has 0 radical (unpaired) electrons. The smallest absolute Gasteiger partial charge is 0.338 e. The predicted octanol–water partition coefficient (Wildman–Crippen LogP) is 13.7. The van der Waals surface area contributed by atoms with Crippen LogP contribution in [0.1, 0.15) is 167 Å². The van der Waals surface area contributed by atoms with Crippen molar-refractivity contribution in [3.05, 3.63) is 82.6 Å². The summed E-state index contributed by atoms with van der Waals surface area (Å²) in [5.41, 5.74) is 10.0. The van der Waals surface area contributed by atoms with Crippen LogP contribution in [0.4, 0.5) is 0 Å². The third-order valence-electron chi connectivity index (χ3n) is 14.7. The zero-order valence-corrected chi connectivity index (χ0v) is 33.8. The van der Waals surface area contributed by atoms with E-state index in [2.05, 4.69) is 111 Å². The molecule has 0 heterocycles. The van der Waals surface area contributed by atoms with E-state index >= 15 is 0 Å². The lowest BCUT2D eigenvalue weighted by Gasteiger charge is -2.61. The maximum atomic E-state index is 13.6. The fourth-order valence-electron chi connectivity index (χ4n) is 12.3. The van der Waals surface area contributed by atoms with Crippen molar-refractivity contribution in [3.8, 4) is 0 Å². The lowest BCUT2D eigenvalue weighted by atomic mass is 9.44. The normalized spacial score (nSPS) is 32.3. The number of benzene rings is 2. The van der Waals surface area contributed by atoms with Crippen LogP contribution in [0, 0.1) is 57.7 Å². The van der Waals surface area contributed by atoms with Gasteiger partial charge < -0.3 is 4.74 Å². The van der Waals surface area contributed by atoms with Crippen LogP contribution in [0.3, 0.4) is 0 Å². The summed E-state index contributed by atoms with van der Waals surface area (Å²) >= 11 is 0. The minimum atomic E-state index is -0.165. The maximum absolute atomic E-state index is 13.6. The van der Waals surface area contributed by atoms with Crippen molar-refractivity contribution in [2.75, 3.05) is 0 Å². The van der Waals surface area contributed by atoms with Gasteiger partial charge in [0.05, 0.1) is 5.56 Å². The van der Waals surface area contributed by atoms with Gasteiger partial charge in [0.2, 0.25) is 0 Å². The van der Waals surface area contributed by atoms with Gasteiger partial charge in [0.1, 0.15) is 6.10 Å². The Kier molecular flexibility index (Phi) is 11.5. The summed E-state index contributed by atoms with van der Waals surface area (Å²) in [7, 11) is 0. The Hall–Kier alpha value is -2.57. The van der Waals surface area contributed by atoms with E-state index < -0.39 is 0 Å². The number of fused-ring (bicyclic) bond motifs is 5. The van der Waals surface area contributed by atoms with E-state index in [1.54, 1.807) is 0 Å². The molecule has 2 aromatic rings. The van der Waals surface area contributed by atoms with Crippen LogP contribution in [0.5, 0.6) is 0 Å². The highest BCUT2D eigenvalue weighted by Gasteiger charge is 2.60. The number of carbonyl (C=O) groups is 1. The van der Waals surface area contributed by atoms with Crippen molar-refractivity contribution in [1.29, 1.82) is 0 Å². The van der Waals surface area contributed by atoms with E-state index in [1.165, 1.54) is 69.8 Å². The zero-order valence-electron chi connectivity index (χ0n) is 33.8. The SMILES string of the molecule is CC(=C=C(c1ccccc1)c1ccc(C(=O)OC2CC[C@@]3(C)C(CCC4C3CC[C@@]3(C)C4CCC3[C@H](C)CCCC(C)C)C2)cc1)CC(C)(C)C. The number of allylic oxidation sites excluding steroid dienone is 1. The lowest BCUT2D eigenvalue weighted by Crippen LogP contribution is -2.54. The van der Waals surface area contributed by atoms with Gasteiger partial charge in [-0.1, -0.05) is 117 Å². The summed E-state index contributed by atoms with van der Waals surface area (Å²) in [5, 5.41) is 0. The van der Waals surface area contributed by atoms with Gasteiger partial charge >= 0.3 is 5.97 Å². The van der Waals surface area contributed by atoms with Gasteiger partial charge in [-0.15, -0.1) is 5.73 Å². The van der Waals surface area contributed by atoms with Crippen LogP contribution in [-0.4, -0.2) is 12.1 Å². The molecule has 2 aromatic carbocycles. The molecule has 278 valence electrons. The summed E-state index contributed by atoms with van der Waals surface area (Å²) < 4.78 is 6.32. The summed E-state index contributed by atoms with van der Waals surface area (Å²) in [4.78, 5) is 13.6. The number of rotatable bonds is 10. The first-order chi connectivity index (χ1) is 24.2. The molecule has 2 nitrogen and oxygen atoms in total. The van der Waals surface area contributed by atoms with E-state index in [4.69, 9.17) is 4.74 Å². The Bertz CT molecular complexity index is 1550. The van der Waals surface area contributed by atoms with Gasteiger partial charge in [-0.3, -0.25) is 0 Å². The third kappa shape index (κ3) is 8.33. The van der Waals surface area contributed by atoms with E-state index in [9.17, 15) is 4.79 Å². The molecular formula is C49H70O2. The molecule has 0 amide bonds. The first-order valence-corrected chi connectivity index (χ1v) is 21.0. The van der Waals surface area contributed by atoms with Crippen LogP contribution in [0.15, 0.2) is 65.9 Å². The van der Waals surface area contributed by atoms with Crippen LogP contribution >= 0.6 is 0 Å². The minimum absolute atomic E-state index is 0.0333. The Balaban J connectivity index is 1.09. The summed E-state index contributed by atoms with van der Waals surface area (Å²) in [6.45, 7) is 21.7. The second kappa shape index (κ2) is 15.4. The molecule has 0 bridgehead atoms. The standard InChI is InChI=1S/C49H70O2/c1-33(2)14-13-15-35(4)43-24-25-44-41-23-22-39-31-40(26-28-48(39,8)45(41)27-29-49(43,44)9)51-46(50)38-20-18-37(19-21-38)42(36-16-11-10-12-17-36)30-34(3)32-47(5,6)7/h10-12,16-21,33,35,39-41,43-45H,13-15,22-29,31-32H2,1-9H3/t30?,35-,39?,40?,41?,43?,44?,45?,48+,49-/m1/s1. The first-order valence-electron chi connectivity index (χ1n) is 21.0. The molecule has 4 fully saturated rings. The van der Waals surface area contributed by atoms with E-state index in [0.29, 0.717) is 22.3 Å². The molecule has 0 spiro atoms. The number of carbonyl (C=O) groups excluding carboxylic acids is 1. The molecule has 4 aliphatic carbocycles. The zero-order chi connectivity index (χ0) is 36.6. The number of hydrogen-bond donors (Lipinski definition) is 0. The van der Waals surface area contributed by atoms with E-state index in [0.717, 1.165) is 71.5 Å². The van der Waals surface area contributed by atoms with Gasteiger partial charge in [-0.2, -0.15) is 0 Å². The van der Waals surface area contributed by atoms with Crippen molar-refractivity contribution in [1.82, 2.24) is 0 Å². The molecule has 0 aromatic heterocycles. The molecule has 0 N–H and O–H groups in total. The molecule has 0 aliphatic heterocycles. The highest BCUT2D eigenvalue weighted by atomic mass is 16.5.